The molecule has 4 rings (SSSR count). The molecule has 29 heavy (non-hydrogen) atoms. The van der Waals surface area contributed by atoms with Gasteiger partial charge in [0, 0.05) is 18.8 Å². The van der Waals surface area contributed by atoms with E-state index in [2.05, 4.69) is 10.2 Å². The van der Waals surface area contributed by atoms with Crippen LogP contribution in [0.15, 0.2) is 60.2 Å². The fourth-order valence-corrected chi connectivity index (χ4v) is 3.37. The predicted molar refractivity (Wildman–Crippen MR) is 108 cm³/mol. The smallest absolute Gasteiger partial charge is 0.331 e. The van der Waals surface area contributed by atoms with E-state index in [4.69, 9.17) is 4.74 Å². The molecule has 0 bridgehead atoms. The van der Waals surface area contributed by atoms with E-state index < -0.39 is 17.8 Å². The third kappa shape index (κ3) is 4.20. The van der Waals surface area contributed by atoms with Gasteiger partial charge in [0.15, 0.2) is 0 Å². The summed E-state index contributed by atoms with van der Waals surface area (Å²) in [6, 6.07) is 16.1. The highest BCUT2D eigenvalue weighted by molar-refractivity contribution is 6.30. The lowest BCUT2D eigenvalue weighted by atomic mass is 10.1. The Morgan fingerprint density at radius 3 is 2.31 bits per heavy atom. The minimum atomic E-state index is -0.705. The fraction of sp³-hybridized carbons (Fsp3) is 0.227. The molecule has 0 unspecified atom stereocenters. The van der Waals surface area contributed by atoms with E-state index in [1.807, 2.05) is 54.6 Å². The van der Waals surface area contributed by atoms with E-state index in [0.717, 1.165) is 34.8 Å². The quantitative estimate of drug-likeness (QED) is 0.639. The van der Waals surface area contributed by atoms with Crippen molar-refractivity contribution in [1.29, 1.82) is 0 Å². The molecule has 7 nitrogen and oxygen atoms in total. The first kappa shape index (κ1) is 18.9. The summed E-state index contributed by atoms with van der Waals surface area (Å²) in [6.07, 6.45) is 1.52. The van der Waals surface area contributed by atoms with E-state index in [-0.39, 0.29) is 12.1 Å². The zero-order chi connectivity index (χ0) is 20.2. The molecule has 0 atom stereocenters. The summed E-state index contributed by atoms with van der Waals surface area (Å²) < 4.78 is 5.37. The van der Waals surface area contributed by atoms with Crippen LogP contribution < -0.4 is 10.2 Å². The van der Waals surface area contributed by atoms with Crippen molar-refractivity contribution in [3.8, 4) is 0 Å². The molecular weight excluding hydrogens is 370 g/mol. The molecule has 0 aliphatic carbocycles. The van der Waals surface area contributed by atoms with Crippen LogP contribution in [0.1, 0.15) is 11.1 Å². The number of barbiturate groups is 1. The molecule has 2 heterocycles. The fourth-order valence-electron chi connectivity index (χ4n) is 3.37. The maximum atomic E-state index is 12.8. The van der Waals surface area contributed by atoms with Crippen LogP contribution in [0.4, 0.5) is 10.5 Å². The summed E-state index contributed by atoms with van der Waals surface area (Å²) in [7, 11) is 0. The zero-order valence-corrected chi connectivity index (χ0v) is 15.8. The Balaban J connectivity index is 1.54. The summed E-state index contributed by atoms with van der Waals surface area (Å²) in [5, 5.41) is 2.25. The van der Waals surface area contributed by atoms with Crippen molar-refractivity contribution in [2.75, 3.05) is 31.2 Å². The summed E-state index contributed by atoms with van der Waals surface area (Å²) >= 11 is 0. The first-order chi connectivity index (χ1) is 14.1. The van der Waals surface area contributed by atoms with Gasteiger partial charge in [-0.05, 0) is 29.3 Å². The Bertz CT molecular complexity index is 948. The van der Waals surface area contributed by atoms with Crippen LogP contribution in [0, 0.1) is 0 Å². The van der Waals surface area contributed by atoms with Crippen molar-refractivity contribution in [3.05, 3.63) is 71.3 Å². The second-order valence-corrected chi connectivity index (χ2v) is 6.89. The van der Waals surface area contributed by atoms with Gasteiger partial charge < -0.3 is 9.64 Å². The second kappa shape index (κ2) is 8.28. The molecule has 0 aromatic heterocycles. The van der Waals surface area contributed by atoms with Crippen LogP contribution in [0.25, 0.3) is 6.08 Å². The van der Waals surface area contributed by atoms with Crippen molar-refractivity contribution in [3.63, 3.8) is 0 Å². The third-order valence-electron chi connectivity index (χ3n) is 4.95. The van der Waals surface area contributed by atoms with Gasteiger partial charge in [0.2, 0.25) is 0 Å². The minimum Gasteiger partial charge on any atom is -0.378 e. The lowest BCUT2D eigenvalue weighted by Gasteiger charge is -2.29. The number of hydrogen-bond acceptors (Lipinski definition) is 5. The van der Waals surface area contributed by atoms with Gasteiger partial charge in [-0.1, -0.05) is 42.5 Å². The largest absolute Gasteiger partial charge is 0.378 e. The van der Waals surface area contributed by atoms with E-state index in [1.165, 1.54) is 6.08 Å². The number of anilines is 1. The molecule has 0 radical (unpaired) electrons. The number of benzene rings is 2. The number of urea groups is 1. The van der Waals surface area contributed by atoms with E-state index in [9.17, 15) is 14.4 Å². The summed E-state index contributed by atoms with van der Waals surface area (Å²) in [4.78, 5) is 40.5. The molecule has 2 aliphatic rings. The first-order valence-corrected chi connectivity index (χ1v) is 9.47. The molecule has 2 aromatic rings. The molecule has 148 valence electrons. The van der Waals surface area contributed by atoms with Gasteiger partial charge in [0.1, 0.15) is 5.57 Å². The number of rotatable bonds is 4. The number of amides is 4. The Morgan fingerprint density at radius 1 is 0.931 bits per heavy atom. The van der Waals surface area contributed by atoms with Crippen LogP contribution >= 0.6 is 0 Å². The lowest BCUT2D eigenvalue weighted by molar-refractivity contribution is -0.130. The van der Waals surface area contributed by atoms with E-state index in [1.54, 1.807) is 0 Å². The van der Waals surface area contributed by atoms with Crippen LogP contribution in [0.5, 0.6) is 0 Å². The van der Waals surface area contributed by atoms with E-state index >= 15 is 0 Å². The number of nitrogens with one attached hydrogen (secondary N) is 1. The molecule has 1 N–H and O–H groups in total. The molecule has 7 heteroatoms. The molecule has 0 spiro atoms. The Kier molecular flexibility index (Phi) is 5.39. The van der Waals surface area contributed by atoms with Gasteiger partial charge in [-0.25, -0.2) is 4.79 Å². The second-order valence-electron chi connectivity index (χ2n) is 6.89. The highest BCUT2D eigenvalue weighted by Crippen LogP contribution is 2.20. The maximum absolute atomic E-state index is 12.8. The molecule has 2 aliphatic heterocycles. The van der Waals surface area contributed by atoms with Gasteiger partial charge in [-0.2, -0.15) is 0 Å². The van der Waals surface area contributed by atoms with Crippen LogP contribution in [0.3, 0.4) is 0 Å². The molecule has 2 fully saturated rings. The van der Waals surface area contributed by atoms with Gasteiger partial charge in [-0.3, -0.25) is 19.8 Å². The summed E-state index contributed by atoms with van der Waals surface area (Å²) in [5.74, 6) is -1.28. The van der Waals surface area contributed by atoms with Crippen molar-refractivity contribution >= 4 is 29.6 Å². The number of carbonyl (C=O) groups is 3. The number of imide groups is 2. The van der Waals surface area contributed by atoms with E-state index in [0.29, 0.717) is 13.2 Å². The Labute approximate surface area is 168 Å². The number of morpholine rings is 1. The average Bonchev–Trinajstić information content (AvgIpc) is 2.76. The number of nitrogens with zero attached hydrogens (tertiary/aromatic N) is 2. The number of hydrogen-bond donors (Lipinski definition) is 1. The maximum Gasteiger partial charge on any atom is 0.331 e. The molecule has 0 saturated carbocycles. The molecule has 2 aromatic carbocycles. The molecule has 2 saturated heterocycles. The average molecular weight is 391 g/mol. The highest BCUT2D eigenvalue weighted by Gasteiger charge is 2.35. The normalized spacial score (nSPS) is 18.9. The Morgan fingerprint density at radius 2 is 1.62 bits per heavy atom. The van der Waals surface area contributed by atoms with Crippen LogP contribution in [-0.4, -0.2) is 49.0 Å². The lowest BCUT2D eigenvalue weighted by Crippen LogP contribution is -2.53. The number of carbonyl (C=O) groups excluding carboxylic acids is 3. The van der Waals surface area contributed by atoms with Crippen molar-refractivity contribution < 1.29 is 19.1 Å². The molecule has 4 amide bonds. The van der Waals surface area contributed by atoms with Gasteiger partial charge in [0.25, 0.3) is 11.8 Å². The number of ether oxygens (including phenoxy) is 1. The zero-order valence-electron chi connectivity index (χ0n) is 15.8. The highest BCUT2D eigenvalue weighted by atomic mass is 16.5. The van der Waals surface area contributed by atoms with Crippen molar-refractivity contribution in [2.24, 2.45) is 0 Å². The predicted octanol–water partition coefficient (Wildman–Crippen LogP) is 2.19. The monoisotopic (exact) mass is 391 g/mol. The topological polar surface area (TPSA) is 79.0 Å². The van der Waals surface area contributed by atoms with Gasteiger partial charge in [0.05, 0.1) is 19.8 Å². The van der Waals surface area contributed by atoms with Gasteiger partial charge >= 0.3 is 6.03 Å². The standard InChI is InChI=1S/C22H21N3O4/c26-20-19(14-16-6-8-18(9-7-16)24-10-12-29-13-11-24)21(27)25(22(28)23-20)15-17-4-2-1-3-5-17/h1-9,14H,10-13,15H2,(H,23,26,28)/b19-14+. The van der Waals surface area contributed by atoms with Crippen LogP contribution in [-0.2, 0) is 20.9 Å². The van der Waals surface area contributed by atoms with Crippen molar-refractivity contribution in [2.45, 2.75) is 6.54 Å². The summed E-state index contributed by atoms with van der Waals surface area (Å²) in [6.45, 7) is 3.17. The van der Waals surface area contributed by atoms with Crippen LogP contribution in [0.2, 0.25) is 0 Å². The van der Waals surface area contributed by atoms with Crippen molar-refractivity contribution in [1.82, 2.24) is 10.2 Å². The van der Waals surface area contributed by atoms with Gasteiger partial charge in [-0.15, -0.1) is 0 Å². The minimum absolute atomic E-state index is 0.0559. The Hall–Kier alpha value is -3.45. The first-order valence-electron chi connectivity index (χ1n) is 9.47. The SMILES string of the molecule is O=C1NC(=O)N(Cc2ccccc2)C(=O)/C1=C/c1ccc(N2CCOCC2)cc1. The molecular formula is C22H21N3O4. The summed E-state index contributed by atoms with van der Waals surface area (Å²) in [5.41, 5.74) is 2.53. The third-order valence-corrected chi connectivity index (χ3v) is 4.95.